The summed E-state index contributed by atoms with van der Waals surface area (Å²) in [4.78, 5) is 3.88. The molecular weight excluding hydrogens is 193 g/mol. The lowest BCUT2D eigenvalue weighted by Crippen LogP contribution is -2.02. The third kappa shape index (κ3) is 3.86. The highest BCUT2D eigenvalue weighted by Gasteiger charge is 2.22. The monoisotopic (exact) mass is 211 g/mol. The Balaban J connectivity index is 0.000000531. The molecule has 1 aliphatic rings. The molecule has 1 fully saturated rings. The van der Waals surface area contributed by atoms with Gasteiger partial charge in [0.15, 0.2) is 5.82 Å². The molecule has 1 aromatic heterocycles. The van der Waals surface area contributed by atoms with E-state index in [1.807, 2.05) is 13.8 Å². The molecule has 0 atom stereocenters. The second-order valence-corrected chi connectivity index (χ2v) is 3.55. The van der Waals surface area contributed by atoms with Crippen molar-refractivity contribution in [3.8, 4) is 5.88 Å². The Morgan fingerprint density at radius 1 is 1.47 bits per heavy atom. The van der Waals surface area contributed by atoms with Crippen LogP contribution in [0.4, 0.5) is 4.39 Å². The number of aryl methyl sites for hydroxylation is 1. The number of hydrogen-bond acceptors (Lipinski definition) is 2. The maximum absolute atomic E-state index is 13.1. The molecular formula is C12H18FNO. The number of rotatable bonds is 3. The van der Waals surface area contributed by atoms with Gasteiger partial charge in [-0.15, -0.1) is 0 Å². The molecule has 0 N–H and O–H groups in total. The Morgan fingerprint density at radius 3 is 2.67 bits per heavy atom. The first kappa shape index (κ1) is 12.0. The van der Waals surface area contributed by atoms with Crippen LogP contribution in [0.1, 0.15) is 32.3 Å². The standard InChI is InChI=1S/C10H12FNO.C2H6/c1-7-4-9(11)10(12-5-7)13-6-8-2-3-8;1-2/h4-5,8H,2-3,6H2,1H3;1-2H3. The minimum absolute atomic E-state index is 0.137. The van der Waals surface area contributed by atoms with Crippen LogP contribution in [-0.2, 0) is 0 Å². The van der Waals surface area contributed by atoms with Gasteiger partial charge in [-0.25, -0.2) is 9.37 Å². The van der Waals surface area contributed by atoms with Crippen molar-refractivity contribution in [3.63, 3.8) is 0 Å². The summed E-state index contributed by atoms with van der Waals surface area (Å²) < 4.78 is 18.4. The molecule has 0 spiro atoms. The molecule has 84 valence electrons. The molecule has 0 saturated heterocycles. The Labute approximate surface area is 90.5 Å². The van der Waals surface area contributed by atoms with E-state index in [1.54, 1.807) is 13.1 Å². The van der Waals surface area contributed by atoms with Crippen molar-refractivity contribution in [3.05, 3.63) is 23.6 Å². The minimum Gasteiger partial charge on any atom is -0.475 e. The van der Waals surface area contributed by atoms with Crippen molar-refractivity contribution in [2.45, 2.75) is 33.6 Å². The minimum atomic E-state index is -0.361. The van der Waals surface area contributed by atoms with Crippen molar-refractivity contribution in [2.75, 3.05) is 6.61 Å². The number of ether oxygens (including phenoxy) is 1. The highest BCUT2D eigenvalue weighted by molar-refractivity contribution is 5.19. The molecule has 0 radical (unpaired) electrons. The van der Waals surface area contributed by atoms with E-state index in [9.17, 15) is 4.39 Å². The molecule has 2 rings (SSSR count). The quantitative estimate of drug-likeness (QED) is 0.765. The van der Waals surface area contributed by atoms with Gasteiger partial charge in [-0.3, -0.25) is 0 Å². The zero-order chi connectivity index (χ0) is 11.3. The average Bonchev–Trinajstić information content (AvgIpc) is 3.03. The maximum atomic E-state index is 13.1. The van der Waals surface area contributed by atoms with Crippen LogP contribution in [0.2, 0.25) is 0 Å². The van der Waals surface area contributed by atoms with Gasteiger partial charge in [0.1, 0.15) is 0 Å². The van der Waals surface area contributed by atoms with Crippen LogP contribution in [0.15, 0.2) is 12.3 Å². The van der Waals surface area contributed by atoms with Crippen molar-refractivity contribution >= 4 is 0 Å². The molecule has 1 saturated carbocycles. The van der Waals surface area contributed by atoms with E-state index in [0.29, 0.717) is 12.5 Å². The Morgan fingerprint density at radius 2 is 2.13 bits per heavy atom. The number of nitrogens with zero attached hydrogens (tertiary/aromatic N) is 1. The predicted molar refractivity (Wildman–Crippen MR) is 58.5 cm³/mol. The summed E-state index contributed by atoms with van der Waals surface area (Å²) in [6.45, 7) is 6.41. The first-order valence-corrected chi connectivity index (χ1v) is 5.50. The van der Waals surface area contributed by atoms with E-state index in [2.05, 4.69) is 4.98 Å². The van der Waals surface area contributed by atoms with Crippen LogP contribution in [0, 0.1) is 18.7 Å². The lowest BCUT2D eigenvalue weighted by Gasteiger charge is -2.04. The van der Waals surface area contributed by atoms with Crippen LogP contribution in [-0.4, -0.2) is 11.6 Å². The van der Waals surface area contributed by atoms with Gasteiger partial charge in [-0.05, 0) is 37.3 Å². The molecule has 0 amide bonds. The molecule has 2 nitrogen and oxygen atoms in total. The number of pyridine rings is 1. The van der Waals surface area contributed by atoms with Crippen LogP contribution < -0.4 is 4.74 Å². The van der Waals surface area contributed by atoms with Gasteiger partial charge < -0.3 is 4.74 Å². The lowest BCUT2D eigenvalue weighted by atomic mass is 10.3. The smallest absolute Gasteiger partial charge is 0.250 e. The topological polar surface area (TPSA) is 22.1 Å². The second kappa shape index (κ2) is 5.69. The van der Waals surface area contributed by atoms with Crippen LogP contribution in [0.5, 0.6) is 5.88 Å². The Kier molecular flexibility index (Phi) is 4.53. The van der Waals surface area contributed by atoms with Crippen LogP contribution >= 0.6 is 0 Å². The number of aromatic nitrogens is 1. The average molecular weight is 211 g/mol. The van der Waals surface area contributed by atoms with E-state index in [0.717, 1.165) is 5.56 Å². The van der Waals surface area contributed by atoms with Crippen molar-refractivity contribution in [1.82, 2.24) is 4.98 Å². The SMILES string of the molecule is CC.Cc1cnc(OCC2CC2)c(F)c1. The fourth-order valence-electron chi connectivity index (χ4n) is 1.11. The van der Waals surface area contributed by atoms with E-state index >= 15 is 0 Å². The summed E-state index contributed by atoms with van der Waals surface area (Å²) in [5, 5.41) is 0. The van der Waals surface area contributed by atoms with Crippen molar-refractivity contribution in [1.29, 1.82) is 0 Å². The molecule has 0 bridgehead atoms. The third-order valence-electron chi connectivity index (χ3n) is 2.10. The molecule has 3 heteroatoms. The highest BCUT2D eigenvalue weighted by Crippen LogP contribution is 2.29. The molecule has 15 heavy (non-hydrogen) atoms. The fraction of sp³-hybridized carbons (Fsp3) is 0.583. The van der Waals surface area contributed by atoms with Gasteiger partial charge in [0.25, 0.3) is 0 Å². The molecule has 1 aromatic rings. The molecule has 0 unspecified atom stereocenters. The molecule has 0 aromatic carbocycles. The zero-order valence-electron chi connectivity index (χ0n) is 9.59. The molecule has 1 aliphatic carbocycles. The van der Waals surface area contributed by atoms with Crippen LogP contribution in [0.3, 0.4) is 0 Å². The highest BCUT2D eigenvalue weighted by atomic mass is 19.1. The van der Waals surface area contributed by atoms with Gasteiger partial charge in [0.05, 0.1) is 6.61 Å². The van der Waals surface area contributed by atoms with Gasteiger partial charge in [0, 0.05) is 6.20 Å². The van der Waals surface area contributed by atoms with Crippen molar-refractivity contribution in [2.24, 2.45) is 5.92 Å². The van der Waals surface area contributed by atoms with Gasteiger partial charge >= 0.3 is 0 Å². The largest absolute Gasteiger partial charge is 0.475 e. The maximum Gasteiger partial charge on any atom is 0.250 e. The summed E-state index contributed by atoms with van der Waals surface area (Å²) in [6, 6.07) is 1.44. The Bertz CT molecular complexity index is 310. The van der Waals surface area contributed by atoms with Gasteiger partial charge in [-0.1, -0.05) is 13.8 Å². The summed E-state index contributed by atoms with van der Waals surface area (Å²) in [5.41, 5.74) is 0.816. The summed E-state index contributed by atoms with van der Waals surface area (Å²) in [6.07, 6.45) is 4.02. The van der Waals surface area contributed by atoms with Crippen LogP contribution in [0.25, 0.3) is 0 Å². The van der Waals surface area contributed by atoms with E-state index < -0.39 is 0 Å². The number of hydrogen-bond donors (Lipinski definition) is 0. The first-order chi connectivity index (χ1) is 7.25. The first-order valence-electron chi connectivity index (χ1n) is 5.50. The van der Waals surface area contributed by atoms with Gasteiger partial charge in [0.2, 0.25) is 5.88 Å². The molecule has 1 heterocycles. The van der Waals surface area contributed by atoms with E-state index in [1.165, 1.54) is 18.9 Å². The normalized spacial score (nSPS) is 14.1. The Hall–Kier alpha value is -1.12. The van der Waals surface area contributed by atoms with E-state index in [4.69, 9.17) is 4.74 Å². The molecule has 0 aliphatic heterocycles. The summed E-state index contributed by atoms with van der Waals surface area (Å²) in [7, 11) is 0. The van der Waals surface area contributed by atoms with Gasteiger partial charge in [-0.2, -0.15) is 0 Å². The fourth-order valence-corrected chi connectivity index (χ4v) is 1.11. The summed E-state index contributed by atoms with van der Waals surface area (Å²) >= 11 is 0. The third-order valence-corrected chi connectivity index (χ3v) is 2.10. The lowest BCUT2D eigenvalue weighted by molar-refractivity contribution is 0.273. The van der Waals surface area contributed by atoms with E-state index in [-0.39, 0.29) is 11.7 Å². The zero-order valence-corrected chi connectivity index (χ0v) is 9.59. The predicted octanol–water partition coefficient (Wildman–Crippen LogP) is 3.34. The second-order valence-electron chi connectivity index (χ2n) is 3.55. The number of halogens is 1. The summed E-state index contributed by atoms with van der Waals surface area (Å²) in [5.74, 6) is 0.403. The van der Waals surface area contributed by atoms with Crippen molar-refractivity contribution < 1.29 is 9.13 Å².